The van der Waals surface area contributed by atoms with Gasteiger partial charge in [-0.2, -0.15) is 0 Å². The highest BCUT2D eigenvalue weighted by Gasteiger charge is 2.32. The minimum atomic E-state index is -3.79. The van der Waals surface area contributed by atoms with Crippen LogP contribution in [0.4, 0.5) is 5.69 Å². The second-order valence-corrected chi connectivity index (χ2v) is 9.47. The molecule has 1 heterocycles. The van der Waals surface area contributed by atoms with Crippen molar-refractivity contribution >= 4 is 33.3 Å². The van der Waals surface area contributed by atoms with Crippen molar-refractivity contribution in [1.29, 1.82) is 0 Å². The molecule has 1 aliphatic rings. The third kappa shape index (κ3) is 4.25. The van der Waals surface area contributed by atoms with Crippen LogP contribution < -0.4 is 13.8 Å². The number of amides is 1. The molecule has 0 unspecified atom stereocenters. The van der Waals surface area contributed by atoms with Crippen molar-refractivity contribution in [3.8, 4) is 11.5 Å². The number of hydrogen-bond acceptors (Lipinski definition) is 6. The van der Waals surface area contributed by atoms with Gasteiger partial charge in [0.1, 0.15) is 18.0 Å². The number of sulfonamides is 1. The van der Waals surface area contributed by atoms with Crippen LogP contribution in [0.25, 0.3) is 5.70 Å². The summed E-state index contributed by atoms with van der Waals surface area (Å²) >= 11 is 0. The summed E-state index contributed by atoms with van der Waals surface area (Å²) < 4.78 is 37.3. The third-order valence-corrected chi connectivity index (χ3v) is 7.28. The molecule has 0 saturated heterocycles. The first-order valence-corrected chi connectivity index (χ1v) is 11.7. The lowest BCUT2D eigenvalue weighted by Gasteiger charge is -2.20. The summed E-state index contributed by atoms with van der Waals surface area (Å²) in [6, 6.07) is 19.1. The lowest BCUT2D eigenvalue weighted by Crippen LogP contribution is -2.31. The first kappa shape index (κ1) is 23.1. The minimum absolute atomic E-state index is 0.114. The van der Waals surface area contributed by atoms with E-state index < -0.39 is 16.0 Å². The maximum Gasteiger partial charge on any atom is 0.331 e. The SMILES string of the molecule is C=C1c2ccccc2C(=O)N1CC(=O)Oc1ccc(N(C)S(=O)(=O)c2ccc(OC)cc2)cc1. The molecule has 9 heteroatoms. The maximum absolute atomic E-state index is 12.9. The van der Waals surface area contributed by atoms with Crippen molar-refractivity contribution < 1.29 is 27.5 Å². The molecule has 0 aromatic heterocycles. The highest BCUT2D eigenvalue weighted by Crippen LogP contribution is 2.31. The van der Waals surface area contributed by atoms with Crippen LogP contribution in [-0.4, -0.2) is 45.9 Å². The van der Waals surface area contributed by atoms with E-state index in [-0.39, 0.29) is 23.1 Å². The number of esters is 1. The van der Waals surface area contributed by atoms with Gasteiger partial charge in [-0.3, -0.25) is 14.0 Å². The standard InChI is InChI=1S/C25H22N2O6S/c1-17-22-6-4-5-7-23(22)25(29)27(17)16-24(28)33-20-10-8-18(9-11-20)26(2)34(30,31)21-14-12-19(32-3)13-15-21/h4-15H,1,16H2,2-3H3. The van der Waals surface area contributed by atoms with Gasteiger partial charge in [-0.05, 0) is 54.6 Å². The Morgan fingerprint density at radius 1 is 0.941 bits per heavy atom. The average Bonchev–Trinajstić information content (AvgIpc) is 3.09. The summed E-state index contributed by atoms with van der Waals surface area (Å²) in [5.41, 5.74) is 2.00. The Hall–Kier alpha value is -4.11. The van der Waals surface area contributed by atoms with E-state index in [9.17, 15) is 18.0 Å². The van der Waals surface area contributed by atoms with Gasteiger partial charge in [0, 0.05) is 23.9 Å². The Bertz CT molecular complexity index is 1330. The van der Waals surface area contributed by atoms with Gasteiger partial charge in [-0.1, -0.05) is 24.8 Å². The highest BCUT2D eigenvalue weighted by atomic mass is 32.2. The number of carbonyl (C=O) groups excluding carboxylic acids is 2. The largest absolute Gasteiger partial charge is 0.497 e. The normalized spacial score (nSPS) is 12.9. The predicted octanol–water partition coefficient (Wildman–Crippen LogP) is 3.55. The zero-order chi connectivity index (χ0) is 24.5. The second-order valence-electron chi connectivity index (χ2n) is 7.50. The zero-order valence-corrected chi connectivity index (χ0v) is 19.4. The van der Waals surface area contributed by atoms with Crippen molar-refractivity contribution in [1.82, 2.24) is 4.90 Å². The predicted molar refractivity (Wildman–Crippen MR) is 127 cm³/mol. The Kier molecular flexibility index (Phi) is 6.12. The van der Waals surface area contributed by atoms with Crippen molar-refractivity contribution in [2.75, 3.05) is 25.0 Å². The Morgan fingerprint density at radius 2 is 1.53 bits per heavy atom. The molecule has 34 heavy (non-hydrogen) atoms. The number of ether oxygens (including phenoxy) is 2. The molecule has 3 aromatic rings. The van der Waals surface area contributed by atoms with Gasteiger partial charge in [0.25, 0.3) is 15.9 Å². The molecular weight excluding hydrogens is 456 g/mol. The molecule has 0 N–H and O–H groups in total. The Morgan fingerprint density at radius 3 is 2.12 bits per heavy atom. The molecule has 0 radical (unpaired) electrons. The number of benzene rings is 3. The van der Waals surface area contributed by atoms with Crippen LogP contribution in [0.2, 0.25) is 0 Å². The number of carbonyl (C=O) groups is 2. The van der Waals surface area contributed by atoms with Crippen LogP contribution in [0, 0.1) is 0 Å². The number of rotatable bonds is 7. The van der Waals surface area contributed by atoms with E-state index >= 15 is 0 Å². The summed E-state index contributed by atoms with van der Waals surface area (Å²) in [5.74, 6) is -0.179. The summed E-state index contributed by atoms with van der Waals surface area (Å²) in [7, 11) is -0.855. The monoisotopic (exact) mass is 478 g/mol. The van der Waals surface area contributed by atoms with Gasteiger partial charge < -0.3 is 9.47 Å². The van der Waals surface area contributed by atoms with E-state index in [0.29, 0.717) is 28.3 Å². The molecule has 174 valence electrons. The second kappa shape index (κ2) is 9.03. The summed E-state index contributed by atoms with van der Waals surface area (Å²) in [5, 5.41) is 0. The fourth-order valence-corrected chi connectivity index (χ4v) is 4.76. The fourth-order valence-electron chi connectivity index (χ4n) is 3.56. The lowest BCUT2D eigenvalue weighted by molar-refractivity contribution is -0.134. The minimum Gasteiger partial charge on any atom is -0.497 e. The Balaban J connectivity index is 1.42. The molecule has 4 rings (SSSR count). The number of fused-ring (bicyclic) bond motifs is 1. The molecule has 0 spiro atoms. The molecule has 0 fully saturated rings. The van der Waals surface area contributed by atoms with Gasteiger partial charge in [-0.15, -0.1) is 0 Å². The van der Waals surface area contributed by atoms with Crippen molar-refractivity contribution in [3.05, 3.63) is 90.5 Å². The summed E-state index contributed by atoms with van der Waals surface area (Å²) in [6.45, 7) is 3.61. The Labute approximate surface area is 197 Å². The van der Waals surface area contributed by atoms with E-state index in [1.54, 1.807) is 36.4 Å². The number of anilines is 1. The quantitative estimate of drug-likeness (QED) is 0.381. The molecule has 0 atom stereocenters. The van der Waals surface area contributed by atoms with Crippen LogP contribution in [-0.2, 0) is 14.8 Å². The van der Waals surface area contributed by atoms with Gasteiger partial charge in [0.2, 0.25) is 0 Å². The van der Waals surface area contributed by atoms with E-state index in [1.807, 2.05) is 0 Å². The number of hydrogen-bond donors (Lipinski definition) is 0. The molecule has 0 saturated carbocycles. The van der Waals surface area contributed by atoms with E-state index in [1.165, 1.54) is 55.5 Å². The topological polar surface area (TPSA) is 93.2 Å². The van der Waals surface area contributed by atoms with Crippen LogP contribution in [0.5, 0.6) is 11.5 Å². The van der Waals surface area contributed by atoms with E-state index in [4.69, 9.17) is 9.47 Å². The average molecular weight is 479 g/mol. The lowest BCUT2D eigenvalue weighted by atomic mass is 10.1. The van der Waals surface area contributed by atoms with Gasteiger partial charge >= 0.3 is 5.97 Å². The molecule has 3 aromatic carbocycles. The molecule has 8 nitrogen and oxygen atoms in total. The number of nitrogens with zero attached hydrogens (tertiary/aromatic N) is 2. The van der Waals surface area contributed by atoms with E-state index in [0.717, 1.165) is 4.31 Å². The summed E-state index contributed by atoms with van der Waals surface area (Å²) in [4.78, 5) is 26.4. The van der Waals surface area contributed by atoms with Gasteiger partial charge in [-0.25, -0.2) is 13.2 Å². The van der Waals surface area contributed by atoms with Crippen molar-refractivity contribution in [2.45, 2.75) is 4.90 Å². The van der Waals surface area contributed by atoms with E-state index in [2.05, 4.69) is 6.58 Å². The molecule has 1 aliphatic heterocycles. The van der Waals surface area contributed by atoms with Crippen molar-refractivity contribution in [3.63, 3.8) is 0 Å². The first-order valence-electron chi connectivity index (χ1n) is 10.3. The zero-order valence-electron chi connectivity index (χ0n) is 18.6. The highest BCUT2D eigenvalue weighted by molar-refractivity contribution is 7.92. The summed E-state index contributed by atoms with van der Waals surface area (Å²) in [6.07, 6.45) is 0. The van der Waals surface area contributed by atoms with Crippen LogP contribution in [0.1, 0.15) is 15.9 Å². The smallest absolute Gasteiger partial charge is 0.331 e. The van der Waals surface area contributed by atoms with Crippen LogP contribution >= 0.6 is 0 Å². The molecule has 1 amide bonds. The number of methoxy groups -OCH3 is 1. The molecule has 0 bridgehead atoms. The van der Waals surface area contributed by atoms with Gasteiger partial charge in [0.15, 0.2) is 0 Å². The third-order valence-electron chi connectivity index (χ3n) is 5.48. The van der Waals surface area contributed by atoms with Gasteiger partial charge in [0.05, 0.1) is 17.7 Å². The van der Waals surface area contributed by atoms with Crippen LogP contribution in [0.3, 0.4) is 0 Å². The van der Waals surface area contributed by atoms with Crippen molar-refractivity contribution in [2.24, 2.45) is 0 Å². The molecular formula is C25H22N2O6S. The first-order chi connectivity index (χ1) is 16.2. The fraction of sp³-hybridized carbons (Fsp3) is 0.120. The molecule has 0 aliphatic carbocycles. The van der Waals surface area contributed by atoms with Crippen LogP contribution in [0.15, 0.2) is 84.3 Å². The maximum atomic E-state index is 12.9.